The van der Waals surface area contributed by atoms with Crippen molar-refractivity contribution in [3.05, 3.63) is 77.4 Å². The zero-order valence-corrected chi connectivity index (χ0v) is 14.8. The Bertz CT molecular complexity index is 921. The summed E-state index contributed by atoms with van der Waals surface area (Å²) in [4.78, 5) is 2.14. The molecule has 0 unspecified atom stereocenters. The zero-order chi connectivity index (χ0) is 18.8. The van der Waals surface area contributed by atoms with Crippen molar-refractivity contribution in [1.29, 1.82) is 0 Å². The second-order valence-electron chi connectivity index (χ2n) is 6.99. The second kappa shape index (κ2) is 7.56. The maximum absolute atomic E-state index is 14.0. The topological polar surface area (TPSA) is 31.9 Å². The summed E-state index contributed by atoms with van der Waals surface area (Å²) < 4.78 is 40.7. The van der Waals surface area contributed by atoms with Gasteiger partial charge in [-0.25, -0.2) is 13.2 Å². The van der Waals surface area contributed by atoms with Crippen LogP contribution in [0.3, 0.4) is 0 Å². The third kappa shape index (κ3) is 3.76. The second-order valence-corrected chi connectivity index (χ2v) is 6.99. The average Bonchev–Trinajstić information content (AvgIpc) is 3.16. The van der Waals surface area contributed by atoms with E-state index in [9.17, 15) is 13.2 Å². The summed E-state index contributed by atoms with van der Waals surface area (Å²) in [5.41, 5.74) is 3.25. The summed E-state index contributed by atoms with van der Waals surface area (Å²) in [5.74, 6) is -1.65. The van der Waals surface area contributed by atoms with Crippen LogP contribution in [0.5, 0.6) is 0 Å². The number of rotatable bonds is 4. The lowest BCUT2D eigenvalue weighted by molar-refractivity contribution is 0.196. The summed E-state index contributed by atoms with van der Waals surface area (Å²) in [6.07, 6.45) is 3.70. The maximum atomic E-state index is 14.0. The summed E-state index contributed by atoms with van der Waals surface area (Å²) in [6.45, 7) is 1.94. The Morgan fingerprint density at radius 1 is 1.07 bits per heavy atom. The van der Waals surface area contributed by atoms with Crippen molar-refractivity contribution >= 4 is 0 Å². The molecule has 0 aliphatic carbocycles. The van der Waals surface area contributed by atoms with Crippen molar-refractivity contribution in [2.75, 3.05) is 13.1 Å². The van der Waals surface area contributed by atoms with E-state index in [-0.39, 0.29) is 11.7 Å². The van der Waals surface area contributed by atoms with Crippen molar-refractivity contribution in [1.82, 2.24) is 15.1 Å². The van der Waals surface area contributed by atoms with Crippen LogP contribution >= 0.6 is 0 Å². The first-order valence-electron chi connectivity index (χ1n) is 9.06. The number of nitrogens with zero attached hydrogens (tertiary/aromatic N) is 2. The smallest absolute Gasteiger partial charge is 0.163 e. The van der Waals surface area contributed by atoms with Crippen LogP contribution in [0.25, 0.3) is 11.1 Å². The Balaban J connectivity index is 1.53. The Morgan fingerprint density at radius 3 is 2.70 bits per heavy atom. The molecule has 0 spiro atoms. The van der Waals surface area contributed by atoms with Gasteiger partial charge in [0.25, 0.3) is 0 Å². The molecule has 1 aliphatic heterocycles. The summed E-state index contributed by atoms with van der Waals surface area (Å²) in [6, 6.07) is 10.7. The number of halogens is 3. The molecule has 0 radical (unpaired) electrons. The van der Waals surface area contributed by atoms with E-state index in [1.807, 2.05) is 0 Å². The molecule has 27 heavy (non-hydrogen) atoms. The molecule has 1 aromatic heterocycles. The van der Waals surface area contributed by atoms with Gasteiger partial charge < -0.3 is 0 Å². The van der Waals surface area contributed by atoms with E-state index in [2.05, 4.69) is 15.1 Å². The van der Waals surface area contributed by atoms with E-state index >= 15 is 0 Å². The molecule has 1 N–H and O–H groups in total. The Labute approximate surface area is 155 Å². The fourth-order valence-corrected chi connectivity index (χ4v) is 3.81. The van der Waals surface area contributed by atoms with Gasteiger partial charge in [-0.3, -0.25) is 10.00 Å². The number of H-pyrrole nitrogens is 1. The van der Waals surface area contributed by atoms with Gasteiger partial charge in [0.05, 0.1) is 6.20 Å². The van der Waals surface area contributed by atoms with Crippen LogP contribution in [0, 0.1) is 17.5 Å². The molecular formula is C21H20F3N3. The van der Waals surface area contributed by atoms with Crippen molar-refractivity contribution < 1.29 is 13.2 Å². The normalized spacial score (nSPS) is 18.0. The highest BCUT2D eigenvalue weighted by Crippen LogP contribution is 2.33. The first-order valence-corrected chi connectivity index (χ1v) is 9.06. The fraction of sp³-hybridized carbons (Fsp3) is 0.286. The number of benzene rings is 2. The molecule has 3 aromatic rings. The van der Waals surface area contributed by atoms with Crippen LogP contribution in [0.4, 0.5) is 13.2 Å². The van der Waals surface area contributed by atoms with E-state index < -0.39 is 11.6 Å². The van der Waals surface area contributed by atoms with E-state index in [4.69, 9.17) is 0 Å². The lowest BCUT2D eigenvalue weighted by Crippen LogP contribution is -2.34. The van der Waals surface area contributed by atoms with Crippen LogP contribution in [-0.2, 0) is 6.54 Å². The van der Waals surface area contributed by atoms with E-state index in [1.54, 1.807) is 24.4 Å². The molecule has 1 saturated heterocycles. The van der Waals surface area contributed by atoms with Crippen molar-refractivity contribution in [3.63, 3.8) is 0 Å². The van der Waals surface area contributed by atoms with Gasteiger partial charge in [-0.05, 0) is 43.1 Å². The molecule has 0 amide bonds. The third-order valence-corrected chi connectivity index (χ3v) is 5.16. The number of hydrogen-bond donors (Lipinski definition) is 1. The standard InChI is InChI=1S/C21H20F3N3/c22-17-8-6-14(7-9-17)18-11-25-26-21(18)16-4-2-10-27(13-16)12-15-3-1-5-19(23)20(15)24/h1,3,5-9,11,16H,2,4,10,12-13H2,(H,25,26)/t16-/m0/s1. The van der Waals surface area contributed by atoms with Crippen molar-refractivity contribution in [2.45, 2.75) is 25.3 Å². The van der Waals surface area contributed by atoms with Crippen LogP contribution in [-0.4, -0.2) is 28.2 Å². The first kappa shape index (κ1) is 17.8. The van der Waals surface area contributed by atoms with Crippen molar-refractivity contribution in [3.8, 4) is 11.1 Å². The van der Waals surface area contributed by atoms with E-state index in [0.29, 0.717) is 12.1 Å². The van der Waals surface area contributed by atoms with Gasteiger partial charge in [-0.1, -0.05) is 24.3 Å². The van der Waals surface area contributed by atoms with Crippen molar-refractivity contribution in [2.24, 2.45) is 0 Å². The van der Waals surface area contributed by atoms with Gasteiger partial charge in [0.15, 0.2) is 11.6 Å². The molecule has 1 fully saturated rings. The van der Waals surface area contributed by atoms with Crippen LogP contribution in [0.1, 0.15) is 30.0 Å². The molecule has 140 valence electrons. The largest absolute Gasteiger partial charge is 0.298 e. The van der Waals surface area contributed by atoms with Crippen LogP contribution < -0.4 is 0 Å². The third-order valence-electron chi connectivity index (χ3n) is 5.16. The minimum absolute atomic E-state index is 0.206. The van der Waals surface area contributed by atoms with Crippen LogP contribution in [0.15, 0.2) is 48.7 Å². The molecule has 2 aromatic carbocycles. The molecule has 3 nitrogen and oxygen atoms in total. The molecule has 0 bridgehead atoms. The molecule has 1 atom stereocenters. The fourth-order valence-electron chi connectivity index (χ4n) is 3.81. The lowest BCUT2D eigenvalue weighted by atomic mass is 9.90. The van der Waals surface area contributed by atoms with Crippen LogP contribution in [0.2, 0.25) is 0 Å². The van der Waals surface area contributed by atoms with Gasteiger partial charge in [0, 0.05) is 35.8 Å². The van der Waals surface area contributed by atoms with Gasteiger partial charge in [-0.2, -0.15) is 5.10 Å². The Hall–Kier alpha value is -2.60. The Kier molecular flexibility index (Phi) is 4.99. The molecule has 4 rings (SSSR count). The quantitative estimate of drug-likeness (QED) is 0.709. The molecule has 6 heteroatoms. The number of likely N-dealkylation sites (tertiary alicyclic amines) is 1. The lowest BCUT2D eigenvalue weighted by Gasteiger charge is -2.32. The Morgan fingerprint density at radius 2 is 1.89 bits per heavy atom. The van der Waals surface area contributed by atoms with Gasteiger partial charge in [0.1, 0.15) is 5.82 Å². The zero-order valence-electron chi connectivity index (χ0n) is 14.8. The van der Waals surface area contributed by atoms with Gasteiger partial charge >= 0.3 is 0 Å². The highest BCUT2D eigenvalue weighted by Gasteiger charge is 2.26. The molecule has 1 aliphatic rings. The monoisotopic (exact) mass is 371 g/mol. The number of aromatic nitrogens is 2. The predicted molar refractivity (Wildman–Crippen MR) is 97.6 cm³/mol. The molecule has 0 saturated carbocycles. The molecule has 2 heterocycles. The van der Waals surface area contributed by atoms with Gasteiger partial charge in [-0.15, -0.1) is 0 Å². The number of aromatic amines is 1. The molecular weight excluding hydrogens is 351 g/mol. The maximum Gasteiger partial charge on any atom is 0.163 e. The average molecular weight is 371 g/mol. The summed E-state index contributed by atoms with van der Waals surface area (Å²) >= 11 is 0. The SMILES string of the molecule is Fc1ccc(-c2cn[nH]c2[C@H]2CCCN(Cc3cccc(F)c3F)C2)cc1. The summed E-state index contributed by atoms with van der Waals surface area (Å²) in [7, 11) is 0. The number of piperidine rings is 1. The van der Waals surface area contributed by atoms with E-state index in [0.717, 1.165) is 48.8 Å². The number of hydrogen-bond acceptors (Lipinski definition) is 2. The minimum Gasteiger partial charge on any atom is -0.298 e. The van der Waals surface area contributed by atoms with Gasteiger partial charge in [0.2, 0.25) is 0 Å². The predicted octanol–water partition coefficient (Wildman–Crippen LogP) is 4.87. The highest BCUT2D eigenvalue weighted by molar-refractivity contribution is 5.65. The summed E-state index contributed by atoms with van der Waals surface area (Å²) in [5, 5.41) is 7.27. The first-order chi connectivity index (χ1) is 13.1. The minimum atomic E-state index is -0.812. The highest BCUT2D eigenvalue weighted by atomic mass is 19.2. The van der Waals surface area contributed by atoms with E-state index in [1.165, 1.54) is 18.2 Å². The number of nitrogens with one attached hydrogen (secondary N) is 1.